The molecule has 2 N–H and O–H groups in total. The topological polar surface area (TPSA) is 40.7 Å². The van der Waals surface area contributed by atoms with Crippen LogP contribution in [-0.4, -0.2) is 5.48 Å². The molecule has 0 amide bonds. The van der Waals surface area contributed by atoms with Gasteiger partial charge in [-0.1, -0.05) is 36.4 Å². The van der Waals surface area contributed by atoms with Gasteiger partial charge in [-0.2, -0.15) is 0 Å². The fraction of sp³-hybridized carbons (Fsp3) is 0. The van der Waals surface area contributed by atoms with Gasteiger partial charge in [0.05, 0.1) is 0 Å². The van der Waals surface area contributed by atoms with E-state index in [1.165, 1.54) is 0 Å². The second-order valence-electron chi connectivity index (χ2n) is 2.73. The maximum absolute atomic E-state index is 5.58. The lowest BCUT2D eigenvalue weighted by molar-refractivity contribution is 0.482. The Balaban J connectivity index is 0.000000980. The summed E-state index contributed by atoms with van der Waals surface area (Å²) in [6.07, 6.45) is 0. The second kappa shape index (κ2) is 5.04. The number of hydrogen-bond acceptors (Lipinski definition) is 1. The van der Waals surface area contributed by atoms with Crippen molar-refractivity contribution in [3.05, 3.63) is 60.7 Å². The summed E-state index contributed by atoms with van der Waals surface area (Å²) in [4.78, 5) is 0. The third-order valence-corrected chi connectivity index (χ3v) is 1.72. The van der Waals surface area contributed by atoms with Gasteiger partial charge >= 0.3 is 0 Å². The predicted octanol–water partition coefficient (Wildman–Crippen LogP) is 2.65. The Hall–Kier alpha value is -1.80. The van der Waals surface area contributed by atoms with Gasteiger partial charge in [-0.05, 0) is 24.3 Å². The van der Waals surface area contributed by atoms with Crippen LogP contribution in [0, 0.1) is 0 Å². The van der Waals surface area contributed by atoms with Gasteiger partial charge in [-0.15, -0.1) is 0 Å². The quantitative estimate of drug-likeness (QED) is 0.714. The second-order valence-corrected chi connectivity index (χ2v) is 2.73. The van der Waals surface area contributed by atoms with Crippen LogP contribution in [-0.2, 0) is 0 Å². The van der Waals surface area contributed by atoms with Crippen LogP contribution >= 0.6 is 0 Å². The summed E-state index contributed by atoms with van der Waals surface area (Å²) in [5.74, 6) is 1.74. The molecule has 0 unspecified atom stereocenters. The van der Waals surface area contributed by atoms with Crippen LogP contribution in [0.5, 0.6) is 11.5 Å². The van der Waals surface area contributed by atoms with Gasteiger partial charge in [-0.3, -0.25) is 0 Å². The third-order valence-electron chi connectivity index (χ3n) is 1.72. The minimum atomic E-state index is 0. The SMILES string of the molecule is O.c1ccc(Oc2ccccc2)cc1. The molecule has 0 aliphatic rings. The van der Waals surface area contributed by atoms with E-state index in [2.05, 4.69) is 0 Å². The minimum absolute atomic E-state index is 0. The lowest BCUT2D eigenvalue weighted by Crippen LogP contribution is -1.81. The molecule has 2 nitrogen and oxygen atoms in total. The largest absolute Gasteiger partial charge is 0.457 e. The lowest BCUT2D eigenvalue weighted by Gasteiger charge is -2.03. The molecule has 0 saturated heterocycles. The van der Waals surface area contributed by atoms with Crippen molar-refractivity contribution in [2.45, 2.75) is 0 Å². The van der Waals surface area contributed by atoms with Crippen molar-refractivity contribution in [3.8, 4) is 11.5 Å². The van der Waals surface area contributed by atoms with Crippen LogP contribution in [0.1, 0.15) is 0 Å². The Morgan fingerprint density at radius 1 is 0.571 bits per heavy atom. The first-order chi connectivity index (χ1) is 6.45. The lowest BCUT2D eigenvalue weighted by atomic mass is 10.3. The van der Waals surface area contributed by atoms with Gasteiger partial charge in [0.2, 0.25) is 0 Å². The Labute approximate surface area is 83.1 Å². The average Bonchev–Trinajstić information content (AvgIpc) is 2.21. The van der Waals surface area contributed by atoms with Crippen molar-refractivity contribution in [1.82, 2.24) is 0 Å². The molecular weight excluding hydrogens is 176 g/mol. The molecule has 0 heterocycles. The predicted molar refractivity (Wildman–Crippen MR) is 56.6 cm³/mol. The highest BCUT2D eigenvalue weighted by molar-refractivity contribution is 5.30. The minimum Gasteiger partial charge on any atom is -0.457 e. The maximum Gasteiger partial charge on any atom is 0.127 e. The molecule has 0 radical (unpaired) electrons. The molecule has 72 valence electrons. The smallest absolute Gasteiger partial charge is 0.127 e. The maximum atomic E-state index is 5.58. The molecule has 0 bridgehead atoms. The molecule has 0 aliphatic heterocycles. The van der Waals surface area contributed by atoms with Crippen molar-refractivity contribution in [2.75, 3.05) is 0 Å². The van der Waals surface area contributed by atoms with Crippen LogP contribution in [0.3, 0.4) is 0 Å². The van der Waals surface area contributed by atoms with E-state index in [1.54, 1.807) is 0 Å². The zero-order valence-electron chi connectivity index (χ0n) is 7.68. The fourth-order valence-corrected chi connectivity index (χ4v) is 1.11. The Kier molecular flexibility index (Phi) is 3.70. The summed E-state index contributed by atoms with van der Waals surface area (Å²) in [5.41, 5.74) is 0. The zero-order chi connectivity index (χ0) is 8.93. The molecule has 2 rings (SSSR count). The van der Waals surface area contributed by atoms with Crippen molar-refractivity contribution in [3.63, 3.8) is 0 Å². The number of ether oxygens (including phenoxy) is 1. The first kappa shape index (κ1) is 10.3. The van der Waals surface area contributed by atoms with Gasteiger partial charge in [0.25, 0.3) is 0 Å². The van der Waals surface area contributed by atoms with E-state index in [0.717, 1.165) is 11.5 Å². The zero-order valence-corrected chi connectivity index (χ0v) is 7.68. The summed E-state index contributed by atoms with van der Waals surface area (Å²) < 4.78 is 5.58. The van der Waals surface area contributed by atoms with Crippen LogP contribution in [0.25, 0.3) is 0 Å². The summed E-state index contributed by atoms with van der Waals surface area (Å²) in [6, 6.07) is 19.5. The Morgan fingerprint density at radius 2 is 0.929 bits per heavy atom. The monoisotopic (exact) mass is 188 g/mol. The van der Waals surface area contributed by atoms with Crippen LogP contribution < -0.4 is 4.74 Å². The third kappa shape index (κ3) is 2.61. The normalized spacial score (nSPS) is 8.86. The fourth-order valence-electron chi connectivity index (χ4n) is 1.11. The van der Waals surface area contributed by atoms with Crippen molar-refractivity contribution in [1.29, 1.82) is 0 Å². The average molecular weight is 188 g/mol. The Morgan fingerprint density at radius 3 is 1.29 bits per heavy atom. The molecule has 14 heavy (non-hydrogen) atoms. The van der Waals surface area contributed by atoms with E-state index in [0.29, 0.717) is 0 Å². The van der Waals surface area contributed by atoms with Gasteiger partial charge in [0.15, 0.2) is 0 Å². The van der Waals surface area contributed by atoms with E-state index in [1.807, 2.05) is 60.7 Å². The first-order valence-electron chi connectivity index (χ1n) is 4.23. The number of rotatable bonds is 2. The molecular formula is C12H12O2. The summed E-state index contributed by atoms with van der Waals surface area (Å²) >= 11 is 0. The molecule has 0 saturated carbocycles. The molecule has 0 fully saturated rings. The van der Waals surface area contributed by atoms with E-state index < -0.39 is 0 Å². The van der Waals surface area contributed by atoms with Crippen molar-refractivity contribution < 1.29 is 10.2 Å². The van der Waals surface area contributed by atoms with Crippen molar-refractivity contribution in [2.24, 2.45) is 0 Å². The Bertz CT molecular complexity index is 319. The number of hydrogen-bond donors (Lipinski definition) is 0. The number of benzene rings is 2. The molecule has 0 atom stereocenters. The first-order valence-corrected chi connectivity index (χ1v) is 4.23. The molecule has 2 aromatic carbocycles. The van der Waals surface area contributed by atoms with Gasteiger partial charge < -0.3 is 10.2 Å². The molecule has 2 aromatic rings. The van der Waals surface area contributed by atoms with E-state index >= 15 is 0 Å². The van der Waals surface area contributed by atoms with E-state index in [-0.39, 0.29) is 5.48 Å². The van der Waals surface area contributed by atoms with Crippen LogP contribution in [0.2, 0.25) is 0 Å². The molecule has 0 aromatic heterocycles. The van der Waals surface area contributed by atoms with Gasteiger partial charge in [-0.25, -0.2) is 0 Å². The highest BCUT2D eigenvalue weighted by atomic mass is 16.5. The summed E-state index contributed by atoms with van der Waals surface area (Å²) in [6.45, 7) is 0. The summed E-state index contributed by atoms with van der Waals surface area (Å²) in [7, 11) is 0. The van der Waals surface area contributed by atoms with Gasteiger partial charge in [0, 0.05) is 0 Å². The molecule has 2 heteroatoms. The van der Waals surface area contributed by atoms with Gasteiger partial charge in [0.1, 0.15) is 11.5 Å². The van der Waals surface area contributed by atoms with Crippen molar-refractivity contribution >= 4 is 0 Å². The van der Waals surface area contributed by atoms with E-state index in [9.17, 15) is 0 Å². The van der Waals surface area contributed by atoms with Crippen LogP contribution in [0.15, 0.2) is 60.7 Å². The molecule has 0 spiro atoms. The highest BCUT2D eigenvalue weighted by Gasteiger charge is 1.92. The van der Waals surface area contributed by atoms with Crippen LogP contribution in [0.4, 0.5) is 0 Å². The standard InChI is InChI=1S/C12H10O.H2O/c1-3-7-11(8-4-1)13-12-9-5-2-6-10-12;/h1-10H;1H2. The molecule has 0 aliphatic carbocycles. The number of para-hydroxylation sites is 2. The van der Waals surface area contributed by atoms with E-state index in [4.69, 9.17) is 4.74 Å². The summed E-state index contributed by atoms with van der Waals surface area (Å²) in [5, 5.41) is 0. The highest BCUT2D eigenvalue weighted by Crippen LogP contribution is 2.19.